The highest BCUT2D eigenvalue weighted by molar-refractivity contribution is 5.81. The number of hydrogen-bond acceptors (Lipinski definition) is 2. The maximum atomic E-state index is 11.6. The second kappa shape index (κ2) is 4.61. The van der Waals surface area contributed by atoms with E-state index in [-0.39, 0.29) is 11.9 Å². The molecule has 1 atom stereocenters. The van der Waals surface area contributed by atoms with Crippen molar-refractivity contribution in [1.29, 1.82) is 0 Å². The minimum Gasteiger partial charge on any atom is -0.338 e. The van der Waals surface area contributed by atoms with Gasteiger partial charge in [0.25, 0.3) is 0 Å². The van der Waals surface area contributed by atoms with Gasteiger partial charge in [-0.25, -0.2) is 0 Å². The van der Waals surface area contributed by atoms with Gasteiger partial charge in [-0.1, -0.05) is 13.3 Å². The van der Waals surface area contributed by atoms with Gasteiger partial charge in [0.1, 0.15) is 0 Å². The molecule has 3 heteroatoms. The van der Waals surface area contributed by atoms with Crippen LogP contribution in [0.25, 0.3) is 0 Å². The summed E-state index contributed by atoms with van der Waals surface area (Å²) in [4.78, 5) is 13.6. The van der Waals surface area contributed by atoms with Crippen LogP contribution in [0.2, 0.25) is 0 Å². The molecule has 0 aromatic carbocycles. The second-order valence-electron chi connectivity index (χ2n) is 3.91. The van der Waals surface area contributed by atoms with Crippen molar-refractivity contribution in [3.63, 3.8) is 0 Å². The van der Waals surface area contributed by atoms with E-state index in [0.717, 1.165) is 19.4 Å². The van der Waals surface area contributed by atoms with Crippen molar-refractivity contribution < 1.29 is 4.79 Å². The summed E-state index contributed by atoms with van der Waals surface area (Å²) in [5.41, 5.74) is 5.58. The molecular formula is C10H20N2O. The van der Waals surface area contributed by atoms with Crippen molar-refractivity contribution >= 4 is 5.91 Å². The Morgan fingerprint density at radius 2 is 2.23 bits per heavy atom. The lowest BCUT2D eigenvalue weighted by molar-refractivity contribution is -0.132. The summed E-state index contributed by atoms with van der Waals surface area (Å²) in [6.45, 7) is 4.80. The first-order valence-electron chi connectivity index (χ1n) is 5.23. The number of amides is 1. The van der Waals surface area contributed by atoms with E-state index < -0.39 is 0 Å². The predicted molar refractivity (Wildman–Crippen MR) is 53.3 cm³/mol. The van der Waals surface area contributed by atoms with Gasteiger partial charge in [0.15, 0.2) is 0 Å². The zero-order chi connectivity index (χ0) is 9.84. The van der Waals surface area contributed by atoms with E-state index in [1.54, 1.807) is 6.92 Å². The lowest BCUT2D eigenvalue weighted by atomic mass is 10.2. The molecule has 1 unspecified atom stereocenters. The average molecular weight is 184 g/mol. The molecule has 1 rings (SSSR count). The van der Waals surface area contributed by atoms with Gasteiger partial charge in [0.05, 0.1) is 6.04 Å². The first-order valence-corrected chi connectivity index (χ1v) is 5.23. The monoisotopic (exact) mass is 184 g/mol. The van der Waals surface area contributed by atoms with Crippen molar-refractivity contribution in [2.75, 3.05) is 6.54 Å². The molecule has 0 aromatic heterocycles. The molecule has 0 aliphatic heterocycles. The Kier molecular flexibility index (Phi) is 3.72. The molecule has 0 radical (unpaired) electrons. The fraction of sp³-hybridized carbons (Fsp3) is 0.900. The van der Waals surface area contributed by atoms with E-state index in [0.29, 0.717) is 6.04 Å². The highest BCUT2D eigenvalue weighted by Gasteiger charge is 2.32. The van der Waals surface area contributed by atoms with E-state index in [1.807, 2.05) is 4.90 Å². The van der Waals surface area contributed by atoms with Crippen molar-refractivity contribution in [3.8, 4) is 0 Å². The SMILES string of the molecule is CCCCN(C(=O)C(C)N)C1CC1. The van der Waals surface area contributed by atoms with Crippen LogP contribution in [-0.2, 0) is 4.79 Å². The van der Waals surface area contributed by atoms with Crippen LogP contribution in [0.4, 0.5) is 0 Å². The number of unbranched alkanes of at least 4 members (excludes halogenated alkanes) is 1. The van der Waals surface area contributed by atoms with Gasteiger partial charge in [-0.15, -0.1) is 0 Å². The first kappa shape index (κ1) is 10.5. The maximum absolute atomic E-state index is 11.6. The van der Waals surface area contributed by atoms with Gasteiger partial charge in [-0.2, -0.15) is 0 Å². The zero-order valence-corrected chi connectivity index (χ0v) is 8.62. The predicted octanol–water partition coefficient (Wildman–Crippen LogP) is 1.12. The Hall–Kier alpha value is -0.570. The zero-order valence-electron chi connectivity index (χ0n) is 8.62. The van der Waals surface area contributed by atoms with E-state index in [9.17, 15) is 4.79 Å². The van der Waals surface area contributed by atoms with Crippen LogP contribution in [0.5, 0.6) is 0 Å². The van der Waals surface area contributed by atoms with E-state index in [1.165, 1.54) is 12.8 Å². The fourth-order valence-corrected chi connectivity index (χ4v) is 1.45. The van der Waals surface area contributed by atoms with Crippen LogP contribution in [0.3, 0.4) is 0 Å². The quantitative estimate of drug-likeness (QED) is 0.696. The van der Waals surface area contributed by atoms with Gasteiger partial charge in [0.2, 0.25) is 5.91 Å². The van der Waals surface area contributed by atoms with Crippen LogP contribution in [0.1, 0.15) is 39.5 Å². The van der Waals surface area contributed by atoms with Gasteiger partial charge < -0.3 is 10.6 Å². The maximum Gasteiger partial charge on any atom is 0.239 e. The molecule has 0 spiro atoms. The summed E-state index contributed by atoms with van der Waals surface area (Å²) in [7, 11) is 0. The molecule has 1 amide bonds. The third kappa shape index (κ3) is 2.99. The average Bonchev–Trinajstić information content (AvgIpc) is 2.88. The van der Waals surface area contributed by atoms with Gasteiger partial charge >= 0.3 is 0 Å². The summed E-state index contributed by atoms with van der Waals surface area (Å²) in [5.74, 6) is 0.121. The molecule has 0 bridgehead atoms. The van der Waals surface area contributed by atoms with Gasteiger partial charge in [-0.05, 0) is 26.2 Å². The lowest BCUT2D eigenvalue weighted by Crippen LogP contribution is -2.43. The van der Waals surface area contributed by atoms with Crippen molar-refractivity contribution in [2.45, 2.75) is 51.6 Å². The molecule has 1 fully saturated rings. The highest BCUT2D eigenvalue weighted by atomic mass is 16.2. The Bertz CT molecular complexity index is 176. The summed E-state index contributed by atoms with van der Waals surface area (Å²) < 4.78 is 0. The molecule has 0 saturated heterocycles. The Morgan fingerprint density at radius 1 is 1.62 bits per heavy atom. The number of nitrogens with two attached hydrogens (primary N) is 1. The molecule has 0 heterocycles. The number of carbonyl (C=O) groups excluding carboxylic acids is 1. The van der Waals surface area contributed by atoms with Crippen molar-refractivity contribution in [1.82, 2.24) is 4.90 Å². The second-order valence-corrected chi connectivity index (χ2v) is 3.91. The van der Waals surface area contributed by atoms with Gasteiger partial charge in [-0.3, -0.25) is 4.79 Å². The minimum absolute atomic E-state index is 0.121. The summed E-state index contributed by atoms with van der Waals surface area (Å²) in [6.07, 6.45) is 4.56. The van der Waals surface area contributed by atoms with Crippen LogP contribution in [-0.4, -0.2) is 29.4 Å². The summed E-state index contributed by atoms with van der Waals surface area (Å²) >= 11 is 0. The van der Waals surface area contributed by atoms with Crippen LogP contribution in [0.15, 0.2) is 0 Å². The normalized spacial score (nSPS) is 18.4. The molecule has 1 aliphatic carbocycles. The standard InChI is InChI=1S/C10H20N2O/c1-3-4-7-12(9-5-6-9)10(13)8(2)11/h8-9H,3-7,11H2,1-2H3. The summed E-state index contributed by atoms with van der Waals surface area (Å²) in [6, 6.07) is 0.169. The minimum atomic E-state index is -0.336. The number of rotatable bonds is 5. The molecule has 2 N–H and O–H groups in total. The van der Waals surface area contributed by atoms with Gasteiger partial charge in [0, 0.05) is 12.6 Å². The molecule has 1 saturated carbocycles. The summed E-state index contributed by atoms with van der Waals surface area (Å²) in [5, 5.41) is 0. The fourth-order valence-electron chi connectivity index (χ4n) is 1.45. The number of hydrogen-bond donors (Lipinski definition) is 1. The molecule has 76 valence electrons. The number of carbonyl (C=O) groups is 1. The largest absolute Gasteiger partial charge is 0.338 e. The highest BCUT2D eigenvalue weighted by Crippen LogP contribution is 2.27. The molecular weight excluding hydrogens is 164 g/mol. The topological polar surface area (TPSA) is 46.3 Å². The third-order valence-corrected chi connectivity index (χ3v) is 2.41. The van der Waals surface area contributed by atoms with E-state index >= 15 is 0 Å². The van der Waals surface area contributed by atoms with Crippen molar-refractivity contribution in [2.24, 2.45) is 5.73 Å². The number of nitrogens with zero attached hydrogens (tertiary/aromatic N) is 1. The van der Waals surface area contributed by atoms with Crippen LogP contribution >= 0.6 is 0 Å². The van der Waals surface area contributed by atoms with E-state index in [4.69, 9.17) is 5.73 Å². The first-order chi connectivity index (χ1) is 6.16. The van der Waals surface area contributed by atoms with Crippen molar-refractivity contribution in [3.05, 3.63) is 0 Å². The van der Waals surface area contributed by atoms with Crippen LogP contribution in [0, 0.1) is 0 Å². The Morgan fingerprint density at radius 3 is 2.62 bits per heavy atom. The Labute approximate surface area is 80.3 Å². The van der Waals surface area contributed by atoms with Crippen LogP contribution < -0.4 is 5.73 Å². The molecule has 1 aliphatic rings. The Balaban J connectivity index is 2.41. The molecule has 0 aromatic rings. The third-order valence-electron chi connectivity index (χ3n) is 2.41. The molecule has 3 nitrogen and oxygen atoms in total. The molecule has 13 heavy (non-hydrogen) atoms. The smallest absolute Gasteiger partial charge is 0.239 e. The van der Waals surface area contributed by atoms with E-state index in [2.05, 4.69) is 6.92 Å². The lowest BCUT2D eigenvalue weighted by Gasteiger charge is -2.23.